The molecule has 1 saturated carbocycles. The van der Waals surface area contributed by atoms with E-state index in [-0.39, 0.29) is 18.5 Å². The van der Waals surface area contributed by atoms with Crippen LogP contribution in [-0.4, -0.2) is 42.5 Å². The molecule has 0 spiro atoms. The molecule has 0 saturated heterocycles. The number of nitrogens with zero attached hydrogens (tertiary/aromatic N) is 1. The predicted octanol–water partition coefficient (Wildman–Crippen LogP) is 0.316. The van der Waals surface area contributed by atoms with E-state index in [1.54, 1.807) is 4.90 Å². The van der Waals surface area contributed by atoms with Gasteiger partial charge in [-0.15, -0.1) is 0 Å². The first-order chi connectivity index (χ1) is 7.17. The minimum atomic E-state index is -0.238. The van der Waals surface area contributed by atoms with Crippen molar-refractivity contribution in [3.8, 4) is 0 Å². The number of rotatable bonds is 5. The Morgan fingerprint density at radius 3 is 2.33 bits per heavy atom. The van der Waals surface area contributed by atoms with Crippen molar-refractivity contribution in [2.45, 2.75) is 32.7 Å². The Morgan fingerprint density at radius 2 is 1.87 bits per heavy atom. The lowest BCUT2D eigenvalue weighted by atomic mass is 10.4. The SMILES string of the molecule is CCN(CC)C(=O)CNC(=O)NC1CC1. The van der Waals surface area contributed by atoms with Gasteiger partial charge in [0.2, 0.25) is 5.91 Å². The zero-order valence-electron chi connectivity index (χ0n) is 9.38. The summed E-state index contributed by atoms with van der Waals surface area (Å²) in [5, 5.41) is 5.33. The molecule has 3 amide bonds. The van der Waals surface area contributed by atoms with E-state index in [0.717, 1.165) is 12.8 Å². The Labute approximate surface area is 90.2 Å². The molecule has 5 nitrogen and oxygen atoms in total. The summed E-state index contributed by atoms with van der Waals surface area (Å²) in [6.07, 6.45) is 2.11. The standard InChI is InChI=1S/C10H19N3O2/c1-3-13(4-2)9(14)7-11-10(15)12-8-5-6-8/h8H,3-7H2,1-2H3,(H2,11,12,15). The zero-order chi connectivity index (χ0) is 11.3. The third-order valence-corrected chi connectivity index (χ3v) is 2.43. The maximum absolute atomic E-state index is 11.5. The topological polar surface area (TPSA) is 61.4 Å². The highest BCUT2D eigenvalue weighted by molar-refractivity contribution is 5.84. The Hall–Kier alpha value is -1.26. The maximum Gasteiger partial charge on any atom is 0.315 e. The van der Waals surface area contributed by atoms with Gasteiger partial charge in [-0.3, -0.25) is 4.79 Å². The Kier molecular flexibility index (Phi) is 4.39. The average Bonchev–Trinajstić information content (AvgIpc) is 3.00. The van der Waals surface area contributed by atoms with Crippen LogP contribution in [0.25, 0.3) is 0 Å². The largest absolute Gasteiger partial charge is 0.342 e. The van der Waals surface area contributed by atoms with Gasteiger partial charge in [0, 0.05) is 19.1 Å². The summed E-state index contributed by atoms with van der Waals surface area (Å²) >= 11 is 0. The molecule has 0 aliphatic heterocycles. The van der Waals surface area contributed by atoms with Gasteiger partial charge in [0.25, 0.3) is 0 Å². The number of urea groups is 1. The molecule has 1 aliphatic rings. The molecule has 1 aliphatic carbocycles. The summed E-state index contributed by atoms with van der Waals surface area (Å²) in [4.78, 5) is 24.4. The van der Waals surface area contributed by atoms with Crippen molar-refractivity contribution >= 4 is 11.9 Å². The third-order valence-electron chi connectivity index (χ3n) is 2.43. The second-order valence-corrected chi connectivity index (χ2v) is 3.67. The molecular weight excluding hydrogens is 194 g/mol. The van der Waals surface area contributed by atoms with E-state index in [2.05, 4.69) is 10.6 Å². The third kappa shape index (κ3) is 4.18. The molecule has 0 atom stereocenters. The van der Waals surface area contributed by atoms with E-state index < -0.39 is 0 Å². The van der Waals surface area contributed by atoms with Gasteiger partial charge in [-0.2, -0.15) is 0 Å². The van der Waals surface area contributed by atoms with Crippen LogP contribution in [0.1, 0.15) is 26.7 Å². The van der Waals surface area contributed by atoms with Gasteiger partial charge >= 0.3 is 6.03 Å². The highest BCUT2D eigenvalue weighted by Crippen LogP contribution is 2.18. The molecule has 0 aromatic carbocycles. The lowest BCUT2D eigenvalue weighted by molar-refractivity contribution is -0.129. The summed E-state index contributed by atoms with van der Waals surface area (Å²) in [6.45, 7) is 5.29. The number of hydrogen-bond acceptors (Lipinski definition) is 2. The van der Waals surface area contributed by atoms with Gasteiger partial charge < -0.3 is 15.5 Å². The number of likely N-dealkylation sites (N-methyl/N-ethyl adjacent to an activating group) is 1. The fourth-order valence-corrected chi connectivity index (χ4v) is 1.31. The summed E-state index contributed by atoms with van der Waals surface area (Å²) in [5.41, 5.74) is 0. The Balaban J connectivity index is 2.16. The number of hydrogen-bond donors (Lipinski definition) is 2. The lowest BCUT2D eigenvalue weighted by Crippen LogP contribution is -2.44. The number of carbonyl (C=O) groups is 2. The highest BCUT2D eigenvalue weighted by atomic mass is 16.2. The predicted molar refractivity (Wildman–Crippen MR) is 57.5 cm³/mol. The molecular formula is C10H19N3O2. The Morgan fingerprint density at radius 1 is 1.27 bits per heavy atom. The summed E-state index contributed by atoms with van der Waals surface area (Å²) in [5.74, 6) is -0.0362. The van der Waals surface area contributed by atoms with Crippen LogP contribution in [0.15, 0.2) is 0 Å². The molecule has 5 heteroatoms. The van der Waals surface area contributed by atoms with Gasteiger partial charge in [-0.05, 0) is 26.7 Å². The van der Waals surface area contributed by atoms with E-state index in [0.29, 0.717) is 19.1 Å². The Bertz CT molecular complexity index is 235. The van der Waals surface area contributed by atoms with Crippen molar-refractivity contribution in [2.75, 3.05) is 19.6 Å². The van der Waals surface area contributed by atoms with Crippen molar-refractivity contribution in [3.63, 3.8) is 0 Å². The van der Waals surface area contributed by atoms with Gasteiger partial charge in [-0.25, -0.2) is 4.79 Å². The van der Waals surface area contributed by atoms with E-state index in [4.69, 9.17) is 0 Å². The van der Waals surface area contributed by atoms with Gasteiger partial charge in [0.1, 0.15) is 0 Å². The quantitative estimate of drug-likeness (QED) is 0.690. The van der Waals surface area contributed by atoms with Crippen molar-refractivity contribution < 1.29 is 9.59 Å². The number of nitrogens with one attached hydrogen (secondary N) is 2. The molecule has 1 rings (SSSR count). The van der Waals surface area contributed by atoms with Crippen LogP contribution in [0.5, 0.6) is 0 Å². The van der Waals surface area contributed by atoms with Crippen molar-refractivity contribution in [2.24, 2.45) is 0 Å². The van der Waals surface area contributed by atoms with Crippen LogP contribution in [0.2, 0.25) is 0 Å². The van der Waals surface area contributed by atoms with Crippen LogP contribution in [0.4, 0.5) is 4.79 Å². The normalized spacial score (nSPS) is 14.5. The molecule has 0 bridgehead atoms. The van der Waals surface area contributed by atoms with Crippen LogP contribution < -0.4 is 10.6 Å². The van der Waals surface area contributed by atoms with Crippen LogP contribution in [0.3, 0.4) is 0 Å². The van der Waals surface area contributed by atoms with Gasteiger partial charge in [0.15, 0.2) is 0 Å². The van der Waals surface area contributed by atoms with E-state index in [1.807, 2.05) is 13.8 Å². The van der Waals surface area contributed by atoms with E-state index in [1.165, 1.54) is 0 Å². The molecule has 86 valence electrons. The van der Waals surface area contributed by atoms with Gasteiger partial charge in [0.05, 0.1) is 6.54 Å². The molecule has 0 aromatic heterocycles. The molecule has 2 N–H and O–H groups in total. The van der Waals surface area contributed by atoms with Crippen molar-refractivity contribution in [1.82, 2.24) is 15.5 Å². The maximum atomic E-state index is 11.5. The molecule has 0 radical (unpaired) electrons. The van der Waals surface area contributed by atoms with Gasteiger partial charge in [-0.1, -0.05) is 0 Å². The summed E-state index contributed by atoms with van der Waals surface area (Å²) < 4.78 is 0. The second kappa shape index (κ2) is 5.58. The fraction of sp³-hybridized carbons (Fsp3) is 0.800. The average molecular weight is 213 g/mol. The first-order valence-electron chi connectivity index (χ1n) is 5.49. The fourth-order valence-electron chi connectivity index (χ4n) is 1.31. The number of carbonyl (C=O) groups excluding carboxylic acids is 2. The summed E-state index contributed by atoms with van der Waals surface area (Å²) in [7, 11) is 0. The van der Waals surface area contributed by atoms with Crippen LogP contribution in [-0.2, 0) is 4.79 Å². The van der Waals surface area contributed by atoms with Crippen LogP contribution in [0, 0.1) is 0 Å². The first-order valence-corrected chi connectivity index (χ1v) is 5.49. The molecule has 0 aromatic rings. The zero-order valence-corrected chi connectivity index (χ0v) is 9.38. The second-order valence-electron chi connectivity index (χ2n) is 3.67. The minimum absolute atomic E-state index is 0.0362. The van der Waals surface area contributed by atoms with Crippen molar-refractivity contribution in [1.29, 1.82) is 0 Å². The first kappa shape index (κ1) is 11.8. The molecule has 15 heavy (non-hydrogen) atoms. The summed E-state index contributed by atoms with van der Waals surface area (Å²) in [6, 6.07) is 0.0894. The monoisotopic (exact) mass is 213 g/mol. The molecule has 0 heterocycles. The van der Waals surface area contributed by atoms with E-state index >= 15 is 0 Å². The smallest absolute Gasteiger partial charge is 0.315 e. The van der Waals surface area contributed by atoms with Crippen LogP contribution >= 0.6 is 0 Å². The number of amides is 3. The van der Waals surface area contributed by atoms with E-state index in [9.17, 15) is 9.59 Å². The minimum Gasteiger partial charge on any atom is -0.342 e. The lowest BCUT2D eigenvalue weighted by Gasteiger charge is -2.18. The molecule has 0 unspecified atom stereocenters. The molecule has 1 fully saturated rings. The highest BCUT2D eigenvalue weighted by Gasteiger charge is 2.23. The van der Waals surface area contributed by atoms with Crippen molar-refractivity contribution in [3.05, 3.63) is 0 Å².